The molecule has 1 rings (SSSR count). The van der Waals surface area contributed by atoms with Crippen LogP contribution < -0.4 is 5.32 Å². The number of hydrogen-bond acceptors (Lipinski definition) is 3. The van der Waals surface area contributed by atoms with Gasteiger partial charge in [-0.25, -0.2) is 0 Å². The molecule has 1 heterocycles. The smallest absolute Gasteiger partial charge is 0.306 e. The molecule has 0 saturated carbocycles. The molecule has 5 heteroatoms. The van der Waals surface area contributed by atoms with Crippen LogP contribution in [0.1, 0.15) is 13.3 Å². The summed E-state index contributed by atoms with van der Waals surface area (Å²) in [4.78, 5) is 10.2. The van der Waals surface area contributed by atoms with E-state index in [-0.39, 0.29) is 24.9 Å². The van der Waals surface area contributed by atoms with Crippen LogP contribution in [0.5, 0.6) is 0 Å². The molecule has 1 saturated heterocycles. The van der Waals surface area contributed by atoms with Gasteiger partial charge in [0.25, 0.3) is 0 Å². The molecule has 0 spiro atoms. The zero-order chi connectivity index (χ0) is 8.27. The van der Waals surface area contributed by atoms with Gasteiger partial charge in [-0.1, -0.05) is 0 Å². The highest BCUT2D eigenvalue weighted by Gasteiger charge is 2.19. The van der Waals surface area contributed by atoms with Gasteiger partial charge in [0.1, 0.15) is 0 Å². The molecule has 0 aliphatic carbocycles. The van der Waals surface area contributed by atoms with Crippen molar-refractivity contribution in [3.8, 4) is 0 Å². The van der Waals surface area contributed by atoms with E-state index in [1.165, 1.54) is 0 Å². The number of rotatable bonds is 2. The average molecular weight is 196 g/mol. The van der Waals surface area contributed by atoms with Gasteiger partial charge in [0.15, 0.2) is 0 Å². The Kier molecular flexibility index (Phi) is 5.20. The van der Waals surface area contributed by atoms with Crippen molar-refractivity contribution in [2.24, 2.45) is 0 Å². The zero-order valence-electron chi connectivity index (χ0n) is 6.95. The first-order valence-electron chi connectivity index (χ1n) is 3.75. The van der Waals surface area contributed by atoms with Crippen LogP contribution in [0, 0.1) is 0 Å². The molecular formula is C7H14ClNO3. The van der Waals surface area contributed by atoms with Gasteiger partial charge >= 0.3 is 5.97 Å². The largest absolute Gasteiger partial charge is 0.481 e. The molecule has 4 nitrogen and oxygen atoms in total. The maximum absolute atomic E-state index is 10.2. The van der Waals surface area contributed by atoms with Crippen LogP contribution in [0.15, 0.2) is 0 Å². The second-order valence-corrected chi connectivity index (χ2v) is 2.86. The Morgan fingerprint density at radius 1 is 1.75 bits per heavy atom. The summed E-state index contributed by atoms with van der Waals surface area (Å²) in [5.41, 5.74) is 0. The van der Waals surface area contributed by atoms with Crippen molar-refractivity contribution in [2.45, 2.75) is 25.5 Å². The summed E-state index contributed by atoms with van der Waals surface area (Å²) < 4.78 is 5.26. The summed E-state index contributed by atoms with van der Waals surface area (Å²) >= 11 is 0. The van der Waals surface area contributed by atoms with E-state index in [4.69, 9.17) is 9.84 Å². The maximum Gasteiger partial charge on any atom is 0.306 e. The molecule has 0 aromatic heterocycles. The van der Waals surface area contributed by atoms with Crippen molar-refractivity contribution in [2.75, 3.05) is 13.2 Å². The van der Waals surface area contributed by atoms with Crippen LogP contribution >= 0.6 is 12.4 Å². The van der Waals surface area contributed by atoms with Gasteiger partial charge in [-0.2, -0.15) is 0 Å². The second kappa shape index (κ2) is 5.35. The average Bonchev–Trinajstić information content (AvgIpc) is 1.93. The first kappa shape index (κ1) is 11.7. The first-order valence-corrected chi connectivity index (χ1v) is 3.75. The van der Waals surface area contributed by atoms with E-state index in [9.17, 15) is 4.79 Å². The Balaban J connectivity index is 0.00000121. The molecule has 2 N–H and O–H groups in total. The molecule has 0 aromatic carbocycles. The van der Waals surface area contributed by atoms with Crippen molar-refractivity contribution >= 4 is 18.4 Å². The summed E-state index contributed by atoms with van der Waals surface area (Å²) in [7, 11) is 0. The second-order valence-electron chi connectivity index (χ2n) is 2.86. The van der Waals surface area contributed by atoms with Crippen molar-refractivity contribution in [3.05, 3.63) is 0 Å². The summed E-state index contributed by atoms with van der Waals surface area (Å²) in [5.74, 6) is -0.800. The molecule has 1 aliphatic heterocycles. The zero-order valence-corrected chi connectivity index (χ0v) is 7.76. The van der Waals surface area contributed by atoms with Crippen molar-refractivity contribution in [1.29, 1.82) is 0 Å². The number of morpholine rings is 1. The SMILES string of the molecule is C[C@@H]1CO[C@@H](CC(=O)O)CN1.Cl. The van der Waals surface area contributed by atoms with E-state index in [1.54, 1.807) is 0 Å². The minimum atomic E-state index is -0.800. The van der Waals surface area contributed by atoms with Crippen LogP contribution in [-0.2, 0) is 9.53 Å². The molecule has 0 bridgehead atoms. The lowest BCUT2D eigenvalue weighted by Crippen LogP contribution is -2.45. The molecule has 0 amide bonds. The fraction of sp³-hybridized carbons (Fsp3) is 0.857. The molecule has 72 valence electrons. The Morgan fingerprint density at radius 2 is 2.42 bits per heavy atom. The third-order valence-corrected chi connectivity index (χ3v) is 1.68. The van der Waals surface area contributed by atoms with Crippen LogP contribution in [0.2, 0.25) is 0 Å². The third-order valence-electron chi connectivity index (χ3n) is 1.68. The minimum absolute atomic E-state index is 0. The van der Waals surface area contributed by atoms with Gasteiger partial charge in [0.2, 0.25) is 0 Å². The highest BCUT2D eigenvalue weighted by Crippen LogP contribution is 2.04. The number of aliphatic carboxylic acids is 1. The number of nitrogens with one attached hydrogen (secondary N) is 1. The quantitative estimate of drug-likeness (QED) is 0.664. The minimum Gasteiger partial charge on any atom is -0.481 e. The lowest BCUT2D eigenvalue weighted by Gasteiger charge is -2.27. The standard InChI is InChI=1S/C7H13NO3.ClH/c1-5-4-11-6(3-8-5)2-7(9)10;/h5-6,8H,2-4H2,1H3,(H,9,10);1H/t5-,6+;/m1./s1. The Morgan fingerprint density at radius 3 is 2.83 bits per heavy atom. The maximum atomic E-state index is 10.2. The molecule has 1 aliphatic rings. The topological polar surface area (TPSA) is 58.6 Å². The summed E-state index contributed by atoms with van der Waals surface area (Å²) in [5, 5.41) is 11.6. The monoisotopic (exact) mass is 195 g/mol. The van der Waals surface area contributed by atoms with E-state index in [1.807, 2.05) is 6.92 Å². The van der Waals surface area contributed by atoms with E-state index in [0.29, 0.717) is 19.2 Å². The van der Waals surface area contributed by atoms with Crippen LogP contribution in [-0.4, -0.2) is 36.4 Å². The molecule has 0 aromatic rings. The van der Waals surface area contributed by atoms with Crippen LogP contribution in [0.4, 0.5) is 0 Å². The van der Waals surface area contributed by atoms with Gasteiger partial charge in [0, 0.05) is 12.6 Å². The number of carbonyl (C=O) groups is 1. The Hall–Kier alpha value is -0.320. The predicted octanol–water partition coefficient (Wildman–Crippen LogP) is 0.260. The molecule has 2 atom stereocenters. The van der Waals surface area contributed by atoms with E-state index in [2.05, 4.69) is 5.32 Å². The van der Waals surface area contributed by atoms with Gasteiger partial charge in [0.05, 0.1) is 19.1 Å². The van der Waals surface area contributed by atoms with Crippen LogP contribution in [0.25, 0.3) is 0 Å². The van der Waals surface area contributed by atoms with E-state index >= 15 is 0 Å². The van der Waals surface area contributed by atoms with Gasteiger partial charge < -0.3 is 15.2 Å². The van der Waals surface area contributed by atoms with Crippen LogP contribution in [0.3, 0.4) is 0 Å². The first-order chi connectivity index (χ1) is 5.18. The molecule has 12 heavy (non-hydrogen) atoms. The number of carboxylic acids is 1. The summed E-state index contributed by atoms with van der Waals surface area (Å²) in [6.07, 6.45) is -0.0524. The van der Waals surface area contributed by atoms with Gasteiger partial charge in [-0.05, 0) is 6.92 Å². The fourth-order valence-corrected chi connectivity index (χ4v) is 1.06. The van der Waals surface area contributed by atoms with Crippen molar-refractivity contribution in [1.82, 2.24) is 5.32 Å². The fourth-order valence-electron chi connectivity index (χ4n) is 1.06. The van der Waals surface area contributed by atoms with E-state index in [0.717, 1.165) is 0 Å². The van der Waals surface area contributed by atoms with Crippen molar-refractivity contribution in [3.63, 3.8) is 0 Å². The van der Waals surface area contributed by atoms with Gasteiger partial charge in [-0.3, -0.25) is 4.79 Å². The number of halogens is 1. The van der Waals surface area contributed by atoms with Crippen molar-refractivity contribution < 1.29 is 14.6 Å². The number of ether oxygens (including phenoxy) is 1. The molecule has 0 radical (unpaired) electrons. The third kappa shape index (κ3) is 3.90. The lowest BCUT2D eigenvalue weighted by molar-refractivity contribution is -0.141. The number of carboxylic acid groups (broad SMARTS) is 1. The molecule has 1 fully saturated rings. The van der Waals surface area contributed by atoms with Gasteiger partial charge in [-0.15, -0.1) is 12.4 Å². The molecule has 0 unspecified atom stereocenters. The lowest BCUT2D eigenvalue weighted by atomic mass is 10.2. The molecular weight excluding hydrogens is 182 g/mol. The summed E-state index contributed by atoms with van der Waals surface area (Å²) in [6, 6.07) is 0.347. The highest BCUT2D eigenvalue weighted by molar-refractivity contribution is 5.85. The Bertz CT molecular complexity index is 146. The van der Waals surface area contributed by atoms with E-state index < -0.39 is 5.97 Å². The predicted molar refractivity (Wildman–Crippen MR) is 46.7 cm³/mol. The number of hydrogen-bond donors (Lipinski definition) is 2. The Labute approximate surface area is 77.7 Å². The highest BCUT2D eigenvalue weighted by atomic mass is 35.5. The summed E-state index contributed by atoms with van der Waals surface area (Å²) in [6.45, 7) is 3.27. The normalized spacial score (nSPS) is 29.1.